The molecule has 0 aromatic heterocycles. The van der Waals surface area contributed by atoms with Gasteiger partial charge in [-0.1, -0.05) is 19.1 Å². The van der Waals surface area contributed by atoms with E-state index in [0.29, 0.717) is 17.0 Å². The van der Waals surface area contributed by atoms with Crippen LogP contribution in [0.25, 0.3) is 0 Å². The Morgan fingerprint density at radius 1 is 1.10 bits per heavy atom. The lowest BCUT2D eigenvalue weighted by Crippen LogP contribution is -2.48. The Kier molecular flexibility index (Phi) is 5.18. The molecule has 0 atom stereocenters. The Labute approximate surface area is 169 Å². The van der Waals surface area contributed by atoms with Crippen molar-refractivity contribution in [1.29, 1.82) is 0 Å². The second kappa shape index (κ2) is 7.78. The molecule has 1 aliphatic heterocycles. The van der Waals surface area contributed by atoms with E-state index in [2.05, 4.69) is 12.2 Å². The van der Waals surface area contributed by atoms with Gasteiger partial charge in [0.05, 0.1) is 0 Å². The molecule has 0 bridgehead atoms. The van der Waals surface area contributed by atoms with E-state index in [0.717, 1.165) is 32.1 Å². The van der Waals surface area contributed by atoms with Gasteiger partial charge in [0, 0.05) is 11.3 Å². The number of hydrogen-bond donors (Lipinski definition) is 1. The van der Waals surface area contributed by atoms with Crippen LogP contribution in [0.3, 0.4) is 0 Å². The van der Waals surface area contributed by atoms with Gasteiger partial charge in [0.2, 0.25) is 5.91 Å². The third kappa shape index (κ3) is 3.79. The van der Waals surface area contributed by atoms with E-state index in [-0.39, 0.29) is 24.2 Å². The van der Waals surface area contributed by atoms with Crippen molar-refractivity contribution in [2.45, 2.75) is 44.7 Å². The van der Waals surface area contributed by atoms with Crippen LogP contribution in [-0.2, 0) is 16.0 Å². The standard InChI is InChI=1S/C23H24FN3O2/c1-2-16-5-11-19(12-6-16)25-20(28)15-27-22(29)21(17-7-9-18(24)10-8-17)26-23(27)13-3-4-14-23/h5-12H,2-4,13-15H2,1H3,(H,25,28). The van der Waals surface area contributed by atoms with Crippen LogP contribution in [-0.4, -0.2) is 34.6 Å². The number of carbonyl (C=O) groups excluding carboxylic acids is 2. The fourth-order valence-corrected chi connectivity index (χ4v) is 4.14. The number of aryl methyl sites for hydroxylation is 1. The third-order valence-corrected chi connectivity index (χ3v) is 5.74. The van der Waals surface area contributed by atoms with Gasteiger partial charge in [-0.05, 0) is 74.1 Å². The summed E-state index contributed by atoms with van der Waals surface area (Å²) in [5, 5.41) is 2.88. The van der Waals surface area contributed by atoms with E-state index in [9.17, 15) is 14.0 Å². The Morgan fingerprint density at radius 3 is 2.38 bits per heavy atom. The summed E-state index contributed by atoms with van der Waals surface area (Å²) in [4.78, 5) is 32.2. The molecule has 1 aliphatic carbocycles. The van der Waals surface area contributed by atoms with Crippen molar-refractivity contribution in [3.8, 4) is 0 Å². The smallest absolute Gasteiger partial charge is 0.275 e. The number of halogens is 1. The summed E-state index contributed by atoms with van der Waals surface area (Å²) in [6.07, 6.45) is 4.33. The normalized spacial score (nSPS) is 17.7. The first-order valence-electron chi connectivity index (χ1n) is 10.1. The number of aliphatic imine (C=N–C) groups is 1. The minimum absolute atomic E-state index is 0.0530. The lowest BCUT2D eigenvalue weighted by molar-refractivity contribution is -0.132. The van der Waals surface area contributed by atoms with E-state index in [1.165, 1.54) is 17.7 Å². The minimum Gasteiger partial charge on any atom is -0.325 e. The van der Waals surface area contributed by atoms with Crippen molar-refractivity contribution < 1.29 is 14.0 Å². The van der Waals surface area contributed by atoms with E-state index in [1.54, 1.807) is 17.0 Å². The van der Waals surface area contributed by atoms with Gasteiger partial charge in [-0.25, -0.2) is 4.39 Å². The average Bonchev–Trinajstić information content (AvgIpc) is 3.30. The van der Waals surface area contributed by atoms with Gasteiger partial charge in [0.15, 0.2) is 0 Å². The highest BCUT2D eigenvalue weighted by Crippen LogP contribution is 2.41. The van der Waals surface area contributed by atoms with Gasteiger partial charge in [0.25, 0.3) is 5.91 Å². The van der Waals surface area contributed by atoms with Crippen molar-refractivity contribution in [3.05, 3.63) is 65.5 Å². The molecule has 2 aromatic carbocycles. The highest BCUT2D eigenvalue weighted by atomic mass is 19.1. The van der Waals surface area contributed by atoms with E-state index in [1.807, 2.05) is 24.3 Å². The molecule has 0 radical (unpaired) electrons. The quantitative estimate of drug-likeness (QED) is 0.837. The van der Waals surface area contributed by atoms with E-state index in [4.69, 9.17) is 4.99 Å². The maximum atomic E-state index is 13.3. The largest absolute Gasteiger partial charge is 0.325 e. The molecule has 150 valence electrons. The molecule has 29 heavy (non-hydrogen) atoms. The number of rotatable bonds is 5. The van der Waals surface area contributed by atoms with Gasteiger partial charge in [-0.2, -0.15) is 0 Å². The van der Waals surface area contributed by atoms with Crippen LogP contribution in [0.5, 0.6) is 0 Å². The summed E-state index contributed by atoms with van der Waals surface area (Å²) in [6, 6.07) is 13.5. The van der Waals surface area contributed by atoms with Gasteiger partial charge in [-0.3, -0.25) is 14.6 Å². The van der Waals surface area contributed by atoms with Crippen molar-refractivity contribution in [3.63, 3.8) is 0 Å². The van der Waals surface area contributed by atoms with Crippen molar-refractivity contribution in [2.24, 2.45) is 4.99 Å². The second-order valence-corrected chi connectivity index (χ2v) is 7.65. The number of anilines is 1. The van der Waals surface area contributed by atoms with E-state index < -0.39 is 5.66 Å². The maximum absolute atomic E-state index is 13.3. The lowest BCUT2D eigenvalue weighted by Gasteiger charge is -2.32. The van der Waals surface area contributed by atoms with Crippen LogP contribution in [0.1, 0.15) is 43.7 Å². The zero-order valence-corrected chi connectivity index (χ0v) is 16.5. The number of benzene rings is 2. The molecule has 5 nitrogen and oxygen atoms in total. The molecule has 1 spiro atoms. The first-order valence-corrected chi connectivity index (χ1v) is 10.1. The molecule has 1 N–H and O–H groups in total. The summed E-state index contributed by atoms with van der Waals surface area (Å²) in [7, 11) is 0. The molecule has 1 heterocycles. The first kappa shape index (κ1) is 19.3. The van der Waals surface area contributed by atoms with Gasteiger partial charge in [-0.15, -0.1) is 0 Å². The third-order valence-electron chi connectivity index (χ3n) is 5.74. The van der Waals surface area contributed by atoms with Crippen molar-refractivity contribution in [2.75, 3.05) is 11.9 Å². The highest BCUT2D eigenvalue weighted by molar-refractivity contribution is 6.47. The molecular formula is C23H24FN3O2. The average molecular weight is 393 g/mol. The van der Waals surface area contributed by atoms with Crippen LogP contribution >= 0.6 is 0 Å². The monoisotopic (exact) mass is 393 g/mol. The second-order valence-electron chi connectivity index (χ2n) is 7.65. The Bertz CT molecular complexity index is 945. The fourth-order valence-electron chi connectivity index (χ4n) is 4.14. The molecular weight excluding hydrogens is 369 g/mol. The van der Waals surface area contributed by atoms with Gasteiger partial charge < -0.3 is 10.2 Å². The Hall–Kier alpha value is -3.02. The summed E-state index contributed by atoms with van der Waals surface area (Å²) in [6.45, 7) is 2.02. The number of amides is 2. The summed E-state index contributed by atoms with van der Waals surface area (Å²) < 4.78 is 13.3. The maximum Gasteiger partial charge on any atom is 0.275 e. The minimum atomic E-state index is -0.662. The highest BCUT2D eigenvalue weighted by Gasteiger charge is 2.49. The van der Waals surface area contributed by atoms with Crippen LogP contribution < -0.4 is 5.32 Å². The predicted octanol–water partition coefficient (Wildman–Crippen LogP) is 3.93. The number of nitrogens with zero attached hydrogens (tertiary/aromatic N) is 2. The van der Waals surface area contributed by atoms with Crippen LogP contribution in [0.4, 0.5) is 10.1 Å². The summed E-state index contributed by atoms with van der Waals surface area (Å²) in [5.41, 5.74) is 2.14. The molecule has 6 heteroatoms. The van der Waals surface area contributed by atoms with Gasteiger partial charge >= 0.3 is 0 Å². The molecule has 4 rings (SSSR count). The lowest BCUT2D eigenvalue weighted by atomic mass is 10.1. The predicted molar refractivity (Wildman–Crippen MR) is 110 cm³/mol. The van der Waals surface area contributed by atoms with Crippen molar-refractivity contribution >= 4 is 23.2 Å². The summed E-state index contributed by atoms with van der Waals surface area (Å²) in [5.74, 6) is -0.875. The molecule has 1 saturated carbocycles. The molecule has 2 aliphatic rings. The SMILES string of the molecule is CCc1ccc(NC(=O)CN2C(=O)C(c3ccc(F)cc3)=NC23CCCC3)cc1. The number of nitrogens with one attached hydrogen (secondary N) is 1. The van der Waals surface area contributed by atoms with E-state index >= 15 is 0 Å². The molecule has 1 fully saturated rings. The Morgan fingerprint density at radius 2 is 1.76 bits per heavy atom. The summed E-state index contributed by atoms with van der Waals surface area (Å²) >= 11 is 0. The molecule has 2 aromatic rings. The van der Waals surface area contributed by atoms with Crippen LogP contribution in [0.15, 0.2) is 53.5 Å². The van der Waals surface area contributed by atoms with Crippen LogP contribution in [0, 0.1) is 5.82 Å². The fraction of sp³-hybridized carbons (Fsp3) is 0.348. The molecule has 2 amide bonds. The Balaban J connectivity index is 1.53. The van der Waals surface area contributed by atoms with Crippen LogP contribution in [0.2, 0.25) is 0 Å². The number of hydrogen-bond acceptors (Lipinski definition) is 3. The number of carbonyl (C=O) groups is 2. The molecule has 0 saturated heterocycles. The molecule has 0 unspecified atom stereocenters. The zero-order chi connectivity index (χ0) is 20.4. The zero-order valence-electron chi connectivity index (χ0n) is 16.5. The van der Waals surface area contributed by atoms with Gasteiger partial charge in [0.1, 0.15) is 23.7 Å². The first-order chi connectivity index (χ1) is 14.0. The van der Waals surface area contributed by atoms with Crippen molar-refractivity contribution in [1.82, 2.24) is 4.90 Å². The topological polar surface area (TPSA) is 61.8 Å².